The number of carbonyl (C=O) groups excluding carboxylic acids is 2. The Labute approximate surface area is 173 Å². The van der Waals surface area contributed by atoms with E-state index in [4.69, 9.17) is 0 Å². The molecule has 0 aromatic heterocycles. The van der Waals surface area contributed by atoms with E-state index >= 15 is 0 Å². The van der Waals surface area contributed by atoms with Crippen LogP contribution in [-0.4, -0.2) is 38.0 Å². The van der Waals surface area contributed by atoms with E-state index in [1.807, 2.05) is 0 Å². The number of aryl methyl sites for hydroxylation is 2. The molecule has 3 rings (SSSR count). The molecule has 1 fully saturated rings. The molecule has 5 heteroatoms. The first kappa shape index (κ1) is 21.1. The van der Waals surface area contributed by atoms with Gasteiger partial charge in [-0.1, -0.05) is 59.7 Å². The second kappa shape index (κ2) is 10.2. The Hall–Kier alpha value is -2.66. The lowest BCUT2D eigenvalue weighted by Gasteiger charge is -2.18. The average Bonchev–Trinajstić information content (AvgIpc) is 3.21. The van der Waals surface area contributed by atoms with Gasteiger partial charge in [-0.3, -0.25) is 9.59 Å². The molecule has 2 atom stereocenters. The van der Waals surface area contributed by atoms with Crippen LogP contribution in [0.3, 0.4) is 0 Å². The van der Waals surface area contributed by atoms with E-state index < -0.39 is 0 Å². The number of benzene rings is 2. The van der Waals surface area contributed by atoms with E-state index in [1.54, 1.807) is 0 Å². The summed E-state index contributed by atoms with van der Waals surface area (Å²) in [6.45, 7) is 6.38. The van der Waals surface area contributed by atoms with Gasteiger partial charge < -0.3 is 16.0 Å². The lowest BCUT2D eigenvalue weighted by Crippen LogP contribution is -2.42. The first-order valence-electron chi connectivity index (χ1n) is 10.4. The highest BCUT2D eigenvalue weighted by molar-refractivity contribution is 5.88. The zero-order valence-electron chi connectivity index (χ0n) is 17.3. The van der Waals surface area contributed by atoms with Gasteiger partial charge in [0.1, 0.15) is 0 Å². The Morgan fingerprint density at radius 1 is 0.759 bits per heavy atom. The Morgan fingerprint density at radius 3 is 1.52 bits per heavy atom. The van der Waals surface area contributed by atoms with Gasteiger partial charge in [0.15, 0.2) is 0 Å². The van der Waals surface area contributed by atoms with Crippen LogP contribution >= 0.6 is 0 Å². The minimum atomic E-state index is -0.313. The summed E-state index contributed by atoms with van der Waals surface area (Å²) < 4.78 is 0. The Morgan fingerprint density at radius 2 is 1.14 bits per heavy atom. The van der Waals surface area contributed by atoms with E-state index in [9.17, 15) is 9.59 Å². The maximum Gasteiger partial charge on any atom is 0.225 e. The quantitative estimate of drug-likeness (QED) is 0.644. The molecule has 29 heavy (non-hydrogen) atoms. The molecule has 1 aliphatic heterocycles. The number of hydrogen-bond donors (Lipinski definition) is 3. The standard InChI is InChI=1S/C24H31N3O2/c1-17-3-7-19(8-4-17)11-13-26-23(28)21-15-25-16-22(21)24(29)27-14-12-20-9-5-18(2)6-10-20/h3-10,21-22,25H,11-16H2,1-2H3,(H,26,28)(H,27,29)/t21-,22-/m0/s1. The van der Waals surface area contributed by atoms with Crippen LogP contribution in [0, 0.1) is 25.7 Å². The summed E-state index contributed by atoms with van der Waals surface area (Å²) >= 11 is 0. The highest BCUT2D eigenvalue weighted by atomic mass is 16.2. The van der Waals surface area contributed by atoms with E-state index in [0.29, 0.717) is 26.2 Å². The molecule has 0 saturated carbocycles. The first-order chi connectivity index (χ1) is 14.0. The number of carbonyl (C=O) groups is 2. The zero-order chi connectivity index (χ0) is 20.6. The molecule has 2 aromatic rings. The topological polar surface area (TPSA) is 70.2 Å². The second-order valence-electron chi connectivity index (χ2n) is 7.92. The molecule has 1 heterocycles. The fourth-order valence-corrected chi connectivity index (χ4v) is 3.66. The van der Waals surface area contributed by atoms with Crippen LogP contribution in [0.5, 0.6) is 0 Å². The first-order valence-corrected chi connectivity index (χ1v) is 10.4. The molecular formula is C24H31N3O2. The number of nitrogens with one attached hydrogen (secondary N) is 3. The monoisotopic (exact) mass is 393 g/mol. The van der Waals surface area contributed by atoms with Crippen LogP contribution in [0.2, 0.25) is 0 Å². The lowest BCUT2D eigenvalue weighted by atomic mass is 9.94. The molecule has 1 saturated heterocycles. The Kier molecular flexibility index (Phi) is 7.42. The van der Waals surface area contributed by atoms with Crippen molar-refractivity contribution < 1.29 is 9.59 Å². The summed E-state index contributed by atoms with van der Waals surface area (Å²) in [6, 6.07) is 16.7. The van der Waals surface area contributed by atoms with Crippen LogP contribution in [0.25, 0.3) is 0 Å². The van der Waals surface area contributed by atoms with Gasteiger partial charge in [0, 0.05) is 26.2 Å². The van der Waals surface area contributed by atoms with Gasteiger partial charge in [-0.25, -0.2) is 0 Å². The van der Waals surface area contributed by atoms with Gasteiger partial charge in [0.25, 0.3) is 0 Å². The van der Waals surface area contributed by atoms with Crippen molar-refractivity contribution in [3.8, 4) is 0 Å². The molecule has 2 amide bonds. The van der Waals surface area contributed by atoms with Crippen LogP contribution in [-0.2, 0) is 22.4 Å². The summed E-state index contributed by atoms with van der Waals surface area (Å²) in [5.41, 5.74) is 4.86. The van der Waals surface area contributed by atoms with Crippen molar-refractivity contribution in [1.29, 1.82) is 0 Å². The van der Waals surface area contributed by atoms with Crippen molar-refractivity contribution in [2.75, 3.05) is 26.2 Å². The molecule has 5 nitrogen and oxygen atoms in total. The van der Waals surface area contributed by atoms with E-state index in [2.05, 4.69) is 78.3 Å². The largest absolute Gasteiger partial charge is 0.355 e. The zero-order valence-corrected chi connectivity index (χ0v) is 17.3. The molecule has 0 spiro atoms. The number of rotatable bonds is 8. The van der Waals surface area contributed by atoms with Gasteiger partial charge in [0.05, 0.1) is 11.8 Å². The van der Waals surface area contributed by atoms with E-state index in [1.165, 1.54) is 22.3 Å². The summed E-state index contributed by atoms with van der Waals surface area (Å²) in [4.78, 5) is 25.2. The number of amides is 2. The second-order valence-corrected chi connectivity index (χ2v) is 7.92. The van der Waals surface area contributed by atoms with Crippen LogP contribution in [0.4, 0.5) is 0 Å². The Balaban J connectivity index is 1.42. The number of hydrogen-bond acceptors (Lipinski definition) is 3. The predicted octanol–water partition coefficient (Wildman–Crippen LogP) is 2.16. The molecule has 3 N–H and O–H groups in total. The van der Waals surface area contributed by atoms with Crippen molar-refractivity contribution in [3.05, 3.63) is 70.8 Å². The van der Waals surface area contributed by atoms with Gasteiger partial charge in [0.2, 0.25) is 11.8 Å². The van der Waals surface area contributed by atoms with Crippen molar-refractivity contribution >= 4 is 11.8 Å². The molecule has 0 bridgehead atoms. The summed E-state index contributed by atoms with van der Waals surface area (Å²) in [6.07, 6.45) is 1.58. The normalized spacial score (nSPS) is 18.4. The minimum Gasteiger partial charge on any atom is -0.355 e. The fraction of sp³-hybridized carbons (Fsp3) is 0.417. The van der Waals surface area contributed by atoms with Crippen LogP contribution in [0.15, 0.2) is 48.5 Å². The molecule has 154 valence electrons. The SMILES string of the molecule is Cc1ccc(CCNC(=O)[C@H]2CNC[C@@H]2C(=O)NCCc2ccc(C)cc2)cc1. The molecule has 0 aliphatic carbocycles. The van der Waals surface area contributed by atoms with Gasteiger partial charge in [-0.2, -0.15) is 0 Å². The highest BCUT2D eigenvalue weighted by Crippen LogP contribution is 2.17. The van der Waals surface area contributed by atoms with Gasteiger partial charge >= 0.3 is 0 Å². The molecule has 0 radical (unpaired) electrons. The summed E-state index contributed by atoms with van der Waals surface area (Å²) in [5, 5.41) is 9.19. The van der Waals surface area contributed by atoms with Crippen molar-refractivity contribution in [2.45, 2.75) is 26.7 Å². The van der Waals surface area contributed by atoms with Crippen LogP contribution in [0.1, 0.15) is 22.3 Å². The maximum atomic E-state index is 12.6. The molecular weight excluding hydrogens is 362 g/mol. The van der Waals surface area contributed by atoms with Crippen molar-refractivity contribution in [3.63, 3.8) is 0 Å². The molecule has 2 aromatic carbocycles. The van der Waals surface area contributed by atoms with Crippen LogP contribution < -0.4 is 16.0 Å². The third-order valence-electron chi connectivity index (χ3n) is 5.55. The van der Waals surface area contributed by atoms with Crippen molar-refractivity contribution in [2.24, 2.45) is 11.8 Å². The van der Waals surface area contributed by atoms with E-state index in [-0.39, 0.29) is 23.7 Å². The van der Waals surface area contributed by atoms with E-state index in [0.717, 1.165) is 12.8 Å². The lowest BCUT2D eigenvalue weighted by molar-refractivity contribution is -0.132. The maximum absolute atomic E-state index is 12.6. The van der Waals surface area contributed by atoms with Crippen molar-refractivity contribution in [1.82, 2.24) is 16.0 Å². The van der Waals surface area contributed by atoms with Gasteiger partial charge in [-0.15, -0.1) is 0 Å². The molecule has 0 unspecified atom stereocenters. The smallest absolute Gasteiger partial charge is 0.225 e. The average molecular weight is 394 g/mol. The highest BCUT2D eigenvalue weighted by Gasteiger charge is 2.37. The fourth-order valence-electron chi connectivity index (χ4n) is 3.66. The molecule has 1 aliphatic rings. The third kappa shape index (κ3) is 6.16. The minimum absolute atomic E-state index is 0.0409. The predicted molar refractivity (Wildman–Crippen MR) is 116 cm³/mol. The van der Waals surface area contributed by atoms with Gasteiger partial charge in [-0.05, 0) is 37.8 Å². The summed E-state index contributed by atoms with van der Waals surface area (Å²) in [7, 11) is 0. The Bertz CT molecular complexity index is 746. The third-order valence-corrected chi connectivity index (χ3v) is 5.55. The summed E-state index contributed by atoms with van der Waals surface area (Å²) in [5.74, 6) is -0.707.